The van der Waals surface area contributed by atoms with Crippen LogP contribution in [0.1, 0.15) is 19.0 Å². The van der Waals surface area contributed by atoms with Gasteiger partial charge in [0.1, 0.15) is 0 Å². The summed E-state index contributed by atoms with van der Waals surface area (Å²) in [5.74, 6) is 0. The Morgan fingerprint density at radius 1 is 1.53 bits per heavy atom. The van der Waals surface area contributed by atoms with Crippen LogP contribution in [0, 0.1) is 6.92 Å². The SMILES string of the molecule is COCCC(C)NS(=O)(=O)c1sc(=O)[nH]c1C. The second-order valence-electron chi connectivity index (χ2n) is 3.73. The van der Waals surface area contributed by atoms with E-state index in [4.69, 9.17) is 4.74 Å². The van der Waals surface area contributed by atoms with Crippen LogP contribution in [-0.2, 0) is 14.8 Å². The van der Waals surface area contributed by atoms with Gasteiger partial charge in [0.25, 0.3) is 10.0 Å². The van der Waals surface area contributed by atoms with Crippen molar-refractivity contribution >= 4 is 21.4 Å². The van der Waals surface area contributed by atoms with Gasteiger partial charge in [0.05, 0.1) is 0 Å². The third kappa shape index (κ3) is 3.91. The van der Waals surface area contributed by atoms with E-state index in [2.05, 4.69) is 9.71 Å². The highest BCUT2D eigenvalue weighted by Crippen LogP contribution is 2.16. The first-order valence-corrected chi connectivity index (χ1v) is 7.37. The molecule has 17 heavy (non-hydrogen) atoms. The van der Waals surface area contributed by atoms with Crippen molar-refractivity contribution in [2.45, 2.75) is 30.5 Å². The maximum Gasteiger partial charge on any atom is 0.305 e. The van der Waals surface area contributed by atoms with Crippen LogP contribution in [0.3, 0.4) is 0 Å². The van der Waals surface area contributed by atoms with Crippen LogP contribution in [0.5, 0.6) is 0 Å². The summed E-state index contributed by atoms with van der Waals surface area (Å²) in [5, 5.41) is 0. The molecule has 0 bridgehead atoms. The zero-order valence-electron chi connectivity index (χ0n) is 9.94. The molecule has 1 atom stereocenters. The molecule has 8 heteroatoms. The maximum absolute atomic E-state index is 11.9. The zero-order chi connectivity index (χ0) is 13.1. The van der Waals surface area contributed by atoms with E-state index in [9.17, 15) is 13.2 Å². The number of hydrogen-bond acceptors (Lipinski definition) is 5. The standard InChI is InChI=1S/C9H16N2O4S2/c1-6(4-5-15-3)11-17(13,14)8-7(2)10-9(12)16-8/h6,11H,4-5H2,1-3H3,(H,10,12). The van der Waals surface area contributed by atoms with E-state index in [1.54, 1.807) is 21.0 Å². The first-order valence-electron chi connectivity index (χ1n) is 5.08. The molecule has 1 aromatic rings. The summed E-state index contributed by atoms with van der Waals surface area (Å²) in [6.45, 7) is 3.79. The first-order chi connectivity index (χ1) is 7.86. The lowest BCUT2D eigenvalue weighted by atomic mass is 10.3. The van der Waals surface area contributed by atoms with Crippen LogP contribution in [0.2, 0.25) is 0 Å². The van der Waals surface area contributed by atoms with E-state index in [0.29, 0.717) is 30.1 Å². The van der Waals surface area contributed by atoms with Crippen molar-refractivity contribution in [3.05, 3.63) is 15.4 Å². The van der Waals surface area contributed by atoms with Crippen LogP contribution in [0.25, 0.3) is 0 Å². The Kier molecular flexibility index (Phi) is 4.87. The monoisotopic (exact) mass is 280 g/mol. The molecule has 98 valence electrons. The Hall–Kier alpha value is -0.700. The van der Waals surface area contributed by atoms with Crippen LogP contribution < -0.4 is 9.60 Å². The lowest BCUT2D eigenvalue weighted by Crippen LogP contribution is -2.33. The Labute approximate surface area is 104 Å². The molecular weight excluding hydrogens is 264 g/mol. The normalized spacial score (nSPS) is 13.8. The second kappa shape index (κ2) is 5.76. The highest BCUT2D eigenvalue weighted by Gasteiger charge is 2.22. The fraction of sp³-hybridized carbons (Fsp3) is 0.667. The molecule has 0 fully saturated rings. The maximum atomic E-state index is 11.9. The van der Waals surface area contributed by atoms with Crippen LogP contribution in [0.4, 0.5) is 0 Å². The molecular formula is C9H16N2O4S2. The number of hydrogen-bond donors (Lipinski definition) is 2. The van der Waals surface area contributed by atoms with Crippen molar-refractivity contribution < 1.29 is 13.2 Å². The quantitative estimate of drug-likeness (QED) is 0.792. The molecule has 6 nitrogen and oxygen atoms in total. The van der Waals surface area contributed by atoms with E-state index >= 15 is 0 Å². The third-order valence-corrected chi connectivity index (χ3v) is 5.33. The summed E-state index contributed by atoms with van der Waals surface area (Å²) in [7, 11) is -2.06. The van der Waals surface area contributed by atoms with E-state index in [1.165, 1.54) is 0 Å². The minimum absolute atomic E-state index is 0.0479. The van der Waals surface area contributed by atoms with Gasteiger partial charge in [-0.15, -0.1) is 0 Å². The van der Waals surface area contributed by atoms with Gasteiger partial charge in [-0.1, -0.05) is 11.3 Å². The van der Waals surface area contributed by atoms with Crippen molar-refractivity contribution in [1.82, 2.24) is 9.71 Å². The fourth-order valence-electron chi connectivity index (χ4n) is 1.32. The fourth-order valence-corrected chi connectivity index (χ4v) is 3.91. The molecule has 0 saturated heterocycles. The number of nitrogens with one attached hydrogen (secondary N) is 2. The molecule has 0 aliphatic carbocycles. The highest BCUT2D eigenvalue weighted by atomic mass is 32.2. The second-order valence-corrected chi connectivity index (χ2v) is 6.62. The number of ether oxygens (including phenoxy) is 1. The van der Waals surface area contributed by atoms with E-state index in [1.807, 2.05) is 0 Å². The number of aromatic amines is 1. The van der Waals surface area contributed by atoms with Crippen molar-refractivity contribution in [2.75, 3.05) is 13.7 Å². The van der Waals surface area contributed by atoms with Gasteiger partial charge in [-0.25, -0.2) is 13.1 Å². The molecule has 1 unspecified atom stereocenters. The highest BCUT2D eigenvalue weighted by molar-refractivity contribution is 7.91. The van der Waals surface area contributed by atoms with Crippen molar-refractivity contribution in [1.29, 1.82) is 0 Å². The third-order valence-electron chi connectivity index (χ3n) is 2.14. The molecule has 0 radical (unpaired) electrons. The minimum Gasteiger partial charge on any atom is -0.385 e. The van der Waals surface area contributed by atoms with E-state index < -0.39 is 10.0 Å². The molecule has 0 aromatic carbocycles. The lowest BCUT2D eigenvalue weighted by Gasteiger charge is -2.12. The average molecular weight is 280 g/mol. The number of H-pyrrole nitrogens is 1. The number of rotatable bonds is 6. The lowest BCUT2D eigenvalue weighted by molar-refractivity contribution is 0.188. The Morgan fingerprint density at radius 3 is 2.65 bits per heavy atom. The Morgan fingerprint density at radius 2 is 2.18 bits per heavy atom. The molecule has 1 heterocycles. The molecule has 0 aliphatic rings. The molecule has 0 saturated carbocycles. The average Bonchev–Trinajstić information content (AvgIpc) is 2.55. The van der Waals surface area contributed by atoms with Gasteiger partial charge < -0.3 is 9.72 Å². The number of methoxy groups -OCH3 is 1. The number of aryl methyl sites for hydroxylation is 1. The van der Waals surface area contributed by atoms with Gasteiger partial charge in [0.15, 0.2) is 4.21 Å². The van der Waals surface area contributed by atoms with Gasteiger partial charge in [-0.2, -0.15) is 0 Å². The van der Waals surface area contributed by atoms with Gasteiger partial charge in [0.2, 0.25) is 0 Å². The van der Waals surface area contributed by atoms with Crippen LogP contribution in [-0.4, -0.2) is 33.2 Å². The molecule has 0 amide bonds. The molecule has 0 spiro atoms. The van der Waals surface area contributed by atoms with E-state index in [-0.39, 0.29) is 15.1 Å². The Balaban J connectivity index is 2.82. The zero-order valence-corrected chi connectivity index (χ0v) is 11.6. The van der Waals surface area contributed by atoms with Crippen LogP contribution in [0.15, 0.2) is 9.00 Å². The molecule has 1 rings (SSSR count). The Bertz CT molecular complexity index is 517. The summed E-state index contributed by atoms with van der Waals surface area (Å²) >= 11 is 0.694. The van der Waals surface area contributed by atoms with Crippen molar-refractivity contribution in [3.63, 3.8) is 0 Å². The number of sulfonamides is 1. The molecule has 1 aromatic heterocycles. The number of thiazole rings is 1. The largest absolute Gasteiger partial charge is 0.385 e. The summed E-state index contributed by atoms with van der Waals surface area (Å²) < 4.78 is 31.3. The summed E-state index contributed by atoms with van der Waals surface area (Å²) in [6, 6.07) is -0.239. The van der Waals surface area contributed by atoms with E-state index in [0.717, 1.165) is 0 Å². The van der Waals surface area contributed by atoms with Gasteiger partial charge in [-0.3, -0.25) is 4.79 Å². The smallest absolute Gasteiger partial charge is 0.305 e. The van der Waals surface area contributed by atoms with Gasteiger partial charge in [-0.05, 0) is 20.3 Å². The predicted octanol–water partition coefficient (Wildman–Crippen LogP) is 0.448. The minimum atomic E-state index is -3.62. The van der Waals surface area contributed by atoms with Crippen LogP contribution >= 0.6 is 11.3 Å². The van der Waals surface area contributed by atoms with Crippen molar-refractivity contribution in [2.24, 2.45) is 0 Å². The topological polar surface area (TPSA) is 88.3 Å². The van der Waals surface area contributed by atoms with Gasteiger partial charge >= 0.3 is 4.87 Å². The first kappa shape index (κ1) is 14.4. The van der Waals surface area contributed by atoms with Gasteiger partial charge in [0, 0.05) is 25.5 Å². The van der Waals surface area contributed by atoms with Crippen molar-refractivity contribution in [3.8, 4) is 0 Å². The molecule has 0 aliphatic heterocycles. The summed E-state index contributed by atoms with van der Waals surface area (Å²) in [5.41, 5.74) is 0.367. The number of aromatic nitrogens is 1. The summed E-state index contributed by atoms with van der Waals surface area (Å²) in [6.07, 6.45) is 0.577. The molecule has 2 N–H and O–H groups in total. The summed E-state index contributed by atoms with van der Waals surface area (Å²) in [4.78, 5) is 13.1. The predicted molar refractivity (Wildman–Crippen MR) is 66.0 cm³/mol.